The molecule has 1 saturated carbocycles. The molecule has 1 atom stereocenters. The van der Waals surface area contributed by atoms with E-state index in [0.29, 0.717) is 37.0 Å². The van der Waals surface area contributed by atoms with Crippen LogP contribution in [0.4, 0.5) is 5.82 Å². The van der Waals surface area contributed by atoms with E-state index in [9.17, 15) is 4.79 Å². The van der Waals surface area contributed by atoms with Crippen LogP contribution in [0.2, 0.25) is 0 Å². The highest BCUT2D eigenvalue weighted by molar-refractivity contribution is 5.99. The monoisotopic (exact) mass is 416 g/mol. The minimum Gasteiger partial charge on any atom is -0.383 e. The molecule has 1 aliphatic heterocycles. The topological polar surface area (TPSA) is 81.3 Å². The average Bonchev–Trinajstić information content (AvgIpc) is 3.55. The number of hydrogen-bond donors (Lipinski definition) is 1. The third-order valence-corrected chi connectivity index (χ3v) is 6.29. The lowest BCUT2D eigenvalue weighted by atomic mass is 10.00. The number of benzene rings is 1. The van der Waals surface area contributed by atoms with Gasteiger partial charge in [0.25, 0.3) is 5.91 Å². The first-order valence-corrected chi connectivity index (χ1v) is 11.1. The third kappa shape index (κ3) is 3.76. The summed E-state index contributed by atoms with van der Waals surface area (Å²) in [6, 6.07) is 9.90. The Morgan fingerprint density at radius 2 is 2.10 bits per heavy atom. The number of nitrogen functional groups attached to an aromatic ring is 1. The van der Waals surface area contributed by atoms with Crippen LogP contribution < -0.4 is 5.73 Å². The van der Waals surface area contributed by atoms with Gasteiger partial charge in [-0.25, -0.2) is 4.98 Å². The summed E-state index contributed by atoms with van der Waals surface area (Å²) < 4.78 is 5.79. The van der Waals surface area contributed by atoms with Crippen molar-refractivity contribution in [2.45, 2.75) is 58.3 Å². The van der Waals surface area contributed by atoms with Crippen LogP contribution in [0.3, 0.4) is 0 Å². The predicted octanol–water partition coefficient (Wildman–Crippen LogP) is 4.73. The minimum atomic E-state index is -0.0750. The molecule has 5 rings (SSSR count). The van der Waals surface area contributed by atoms with Crippen LogP contribution in [-0.4, -0.2) is 27.3 Å². The van der Waals surface area contributed by atoms with Gasteiger partial charge >= 0.3 is 0 Å². The van der Waals surface area contributed by atoms with E-state index in [1.165, 1.54) is 18.5 Å². The Hall–Kier alpha value is -2.99. The van der Waals surface area contributed by atoms with Crippen molar-refractivity contribution in [3.8, 4) is 0 Å². The van der Waals surface area contributed by atoms with Crippen molar-refractivity contribution in [2.75, 3.05) is 12.3 Å². The van der Waals surface area contributed by atoms with Crippen molar-refractivity contribution >= 4 is 22.6 Å². The van der Waals surface area contributed by atoms with Crippen molar-refractivity contribution < 1.29 is 9.53 Å². The number of ether oxygens (including phenoxy) is 1. The maximum atomic E-state index is 13.4. The van der Waals surface area contributed by atoms with Crippen LogP contribution in [0.1, 0.15) is 77.9 Å². The predicted molar refractivity (Wildman–Crippen MR) is 121 cm³/mol. The van der Waals surface area contributed by atoms with Crippen molar-refractivity contribution in [1.29, 1.82) is 0 Å². The van der Waals surface area contributed by atoms with Crippen LogP contribution in [0.5, 0.6) is 0 Å². The Labute approximate surface area is 182 Å². The van der Waals surface area contributed by atoms with Crippen LogP contribution in [0.25, 0.3) is 10.9 Å². The van der Waals surface area contributed by atoms with Crippen molar-refractivity contribution in [3.63, 3.8) is 0 Å². The molecule has 160 valence electrons. The number of aromatic nitrogens is 2. The van der Waals surface area contributed by atoms with Crippen LogP contribution in [0, 0.1) is 0 Å². The van der Waals surface area contributed by atoms with Crippen molar-refractivity contribution in [1.82, 2.24) is 14.9 Å². The summed E-state index contributed by atoms with van der Waals surface area (Å²) in [4.78, 5) is 24.5. The van der Waals surface area contributed by atoms with Crippen LogP contribution >= 0.6 is 0 Å². The van der Waals surface area contributed by atoms with E-state index in [1.807, 2.05) is 36.2 Å². The summed E-state index contributed by atoms with van der Waals surface area (Å²) >= 11 is 0. The lowest BCUT2D eigenvalue weighted by Crippen LogP contribution is -2.31. The Morgan fingerprint density at radius 1 is 1.26 bits per heavy atom. The van der Waals surface area contributed by atoms with Gasteiger partial charge in [0.15, 0.2) is 0 Å². The van der Waals surface area contributed by atoms with E-state index in [-0.39, 0.29) is 12.0 Å². The molecule has 3 heterocycles. The molecule has 1 aliphatic carbocycles. The number of pyridine rings is 2. The fourth-order valence-electron chi connectivity index (χ4n) is 4.47. The molecule has 6 heteroatoms. The van der Waals surface area contributed by atoms with Gasteiger partial charge < -0.3 is 15.4 Å². The van der Waals surface area contributed by atoms with E-state index in [1.54, 1.807) is 0 Å². The van der Waals surface area contributed by atoms with Gasteiger partial charge in [-0.1, -0.05) is 13.0 Å². The quantitative estimate of drug-likeness (QED) is 0.628. The molecule has 2 N–H and O–H groups in total. The zero-order valence-corrected chi connectivity index (χ0v) is 18.1. The number of carbonyl (C=O) groups excluding carboxylic acids is 1. The molecule has 2 aromatic heterocycles. The molecular weight excluding hydrogens is 388 g/mol. The number of fused-ring (bicyclic) bond motifs is 3. The number of anilines is 1. The second-order valence-corrected chi connectivity index (χ2v) is 8.67. The highest BCUT2D eigenvalue weighted by Crippen LogP contribution is 2.39. The molecule has 0 unspecified atom stereocenters. The minimum absolute atomic E-state index is 0.0209. The van der Waals surface area contributed by atoms with E-state index in [0.717, 1.165) is 34.0 Å². The molecule has 3 aromatic rings. The summed E-state index contributed by atoms with van der Waals surface area (Å²) in [5.41, 5.74) is 11.8. The standard InChI is InChI=1S/C25H28N4O2/c1-3-10-29(13-16-4-8-21(27-12-16)17-5-6-17)25(30)18-7-9-22-19(11-18)20-14-31-15(2)23(20)24(26)28-22/h4,7-9,11-12,15,17H,3,5-6,10,13-14H2,1-2H3,(H2,26,28)/t15-/m1/s1. The molecular formula is C25H28N4O2. The Morgan fingerprint density at radius 3 is 2.81 bits per heavy atom. The molecule has 2 aliphatic rings. The van der Waals surface area contributed by atoms with Gasteiger partial charge in [0.1, 0.15) is 5.82 Å². The van der Waals surface area contributed by atoms with Gasteiger partial charge in [-0.2, -0.15) is 0 Å². The van der Waals surface area contributed by atoms with E-state index in [4.69, 9.17) is 10.5 Å². The fraction of sp³-hybridized carbons (Fsp3) is 0.400. The molecule has 0 spiro atoms. The van der Waals surface area contributed by atoms with Gasteiger partial charge in [0, 0.05) is 47.4 Å². The zero-order chi connectivity index (χ0) is 21.5. The number of nitrogens with zero attached hydrogens (tertiary/aromatic N) is 3. The van der Waals surface area contributed by atoms with E-state index >= 15 is 0 Å². The number of carbonyl (C=O) groups is 1. The molecule has 1 fully saturated rings. The Balaban J connectivity index is 1.44. The maximum absolute atomic E-state index is 13.4. The fourth-order valence-corrected chi connectivity index (χ4v) is 4.47. The molecule has 0 bridgehead atoms. The zero-order valence-electron chi connectivity index (χ0n) is 18.1. The van der Waals surface area contributed by atoms with Crippen molar-refractivity contribution in [2.24, 2.45) is 0 Å². The van der Waals surface area contributed by atoms with E-state index < -0.39 is 0 Å². The third-order valence-electron chi connectivity index (χ3n) is 6.29. The number of hydrogen-bond acceptors (Lipinski definition) is 5. The van der Waals surface area contributed by atoms with E-state index in [2.05, 4.69) is 29.0 Å². The first-order valence-electron chi connectivity index (χ1n) is 11.1. The second-order valence-electron chi connectivity index (χ2n) is 8.67. The molecule has 1 aromatic carbocycles. The van der Waals surface area contributed by atoms with Gasteiger partial charge in [-0.05, 0) is 61.6 Å². The molecule has 31 heavy (non-hydrogen) atoms. The SMILES string of the molecule is CCCN(Cc1ccc(C2CC2)nc1)C(=O)c1ccc2nc(N)c3c(c2c1)CO[C@@H]3C. The number of amides is 1. The Bertz CT molecular complexity index is 1140. The second kappa shape index (κ2) is 7.93. The molecule has 1 amide bonds. The van der Waals surface area contributed by atoms with Crippen molar-refractivity contribution in [3.05, 3.63) is 64.5 Å². The van der Waals surface area contributed by atoms with Gasteiger partial charge in [0.05, 0.1) is 18.2 Å². The highest BCUT2D eigenvalue weighted by atomic mass is 16.5. The molecule has 0 radical (unpaired) electrons. The summed E-state index contributed by atoms with van der Waals surface area (Å²) in [5.74, 6) is 1.17. The van der Waals surface area contributed by atoms with Crippen LogP contribution in [0.15, 0.2) is 36.5 Å². The van der Waals surface area contributed by atoms with Gasteiger partial charge in [-0.15, -0.1) is 0 Å². The molecule has 0 saturated heterocycles. The first-order chi connectivity index (χ1) is 15.0. The van der Waals surface area contributed by atoms with Crippen LogP contribution in [-0.2, 0) is 17.9 Å². The first kappa shape index (κ1) is 19.9. The maximum Gasteiger partial charge on any atom is 0.254 e. The highest BCUT2D eigenvalue weighted by Gasteiger charge is 2.27. The lowest BCUT2D eigenvalue weighted by molar-refractivity contribution is 0.0742. The lowest BCUT2D eigenvalue weighted by Gasteiger charge is -2.23. The van der Waals surface area contributed by atoms with Gasteiger partial charge in [-0.3, -0.25) is 9.78 Å². The largest absolute Gasteiger partial charge is 0.383 e. The number of rotatable bonds is 6. The summed E-state index contributed by atoms with van der Waals surface area (Å²) in [7, 11) is 0. The Kier molecular flexibility index (Phi) is 5.10. The normalized spacial score (nSPS) is 17.7. The van der Waals surface area contributed by atoms with Gasteiger partial charge in [0.2, 0.25) is 0 Å². The molecule has 6 nitrogen and oxygen atoms in total. The number of nitrogens with two attached hydrogens (primary N) is 1. The average molecular weight is 417 g/mol. The summed E-state index contributed by atoms with van der Waals surface area (Å²) in [5, 5.41) is 0.950. The smallest absolute Gasteiger partial charge is 0.254 e. The summed E-state index contributed by atoms with van der Waals surface area (Å²) in [6.45, 7) is 5.82. The summed E-state index contributed by atoms with van der Waals surface area (Å²) in [6.07, 6.45) is 5.22.